The second kappa shape index (κ2) is 9.88. The Bertz CT molecular complexity index is 826. The van der Waals surface area contributed by atoms with Gasteiger partial charge in [0.2, 0.25) is 5.91 Å². The van der Waals surface area contributed by atoms with E-state index in [1.54, 1.807) is 0 Å². The van der Waals surface area contributed by atoms with Gasteiger partial charge in [0.1, 0.15) is 12.4 Å². The Morgan fingerprint density at radius 2 is 1.80 bits per heavy atom. The predicted molar refractivity (Wildman–Crippen MR) is 118 cm³/mol. The van der Waals surface area contributed by atoms with E-state index in [9.17, 15) is 4.79 Å². The first-order valence-electron chi connectivity index (χ1n) is 10.8. The quantitative estimate of drug-likeness (QED) is 0.584. The van der Waals surface area contributed by atoms with Crippen molar-refractivity contribution in [2.45, 2.75) is 52.1 Å². The van der Waals surface area contributed by atoms with Crippen molar-refractivity contribution >= 4 is 5.91 Å². The highest BCUT2D eigenvalue weighted by molar-refractivity contribution is 5.76. The summed E-state index contributed by atoms with van der Waals surface area (Å²) in [5.41, 5.74) is 1.41. The molecule has 1 amide bonds. The summed E-state index contributed by atoms with van der Waals surface area (Å²) < 4.78 is 17.6. The number of hydrogen-bond donors (Lipinski definition) is 0. The van der Waals surface area contributed by atoms with E-state index in [2.05, 4.69) is 32.9 Å². The molecule has 162 valence electrons. The van der Waals surface area contributed by atoms with Crippen LogP contribution in [0, 0.1) is 0 Å². The molecular weight excluding hydrogens is 378 g/mol. The van der Waals surface area contributed by atoms with Crippen LogP contribution in [0.5, 0.6) is 17.2 Å². The molecule has 0 radical (unpaired) electrons. The topological polar surface area (TPSA) is 48.0 Å². The van der Waals surface area contributed by atoms with Crippen LogP contribution < -0.4 is 14.2 Å². The van der Waals surface area contributed by atoms with Crippen molar-refractivity contribution < 1.29 is 19.0 Å². The van der Waals surface area contributed by atoms with E-state index in [0.717, 1.165) is 17.2 Å². The molecule has 30 heavy (non-hydrogen) atoms. The molecule has 5 heteroatoms. The van der Waals surface area contributed by atoms with Gasteiger partial charge in [0.15, 0.2) is 17.6 Å². The number of para-hydroxylation sites is 2. The van der Waals surface area contributed by atoms with E-state index in [0.29, 0.717) is 39.1 Å². The first kappa shape index (κ1) is 22.0. The molecule has 1 heterocycles. The van der Waals surface area contributed by atoms with E-state index in [4.69, 9.17) is 14.2 Å². The number of rotatable bonds is 8. The lowest BCUT2D eigenvalue weighted by Crippen LogP contribution is -2.43. The van der Waals surface area contributed by atoms with Gasteiger partial charge >= 0.3 is 0 Å². The predicted octanol–water partition coefficient (Wildman–Crippen LogP) is 4.83. The van der Waals surface area contributed by atoms with Gasteiger partial charge in [-0.1, -0.05) is 45.0 Å². The van der Waals surface area contributed by atoms with E-state index in [-0.39, 0.29) is 17.4 Å². The zero-order chi connectivity index (χ0) is 21.6. The highest BCUT2D eigenvalue weighted by Gasteiger charge is 2.24. The zero-order valence-electron chi connectivity index (χ0n) is 18.5. The lowest BCUT2D eigenvalue weighted by atomic mass is 9.87. The highest BCUT2D eigenvalue weighted by Crippen LogP contribution is 2.31. The van der Waals surface area contributed by atoms with Crippen LogP contribution in [0.25, 0.3) is 0 Å². The molecule has 2 aromatic rings. The molecule has 0 aliphatic carbocycles. The largest absolute Gasteiger partial charge is 0.494 e. The van der Waals surface area contributed by atoms with Crippen LogP contribution in [-0.4, -0.2) is 43.2 Å². The Labute approximate surface area is 179 Å². The Kier molecular flexibility index (Phi) is 7.24. The molecule has 1 unspecified atom stereocenters. The number of carbonyl (C=O) groups excluding carboxylic acids is 1. The van der Waals surface area contributed by atoms with Gasteiger partial charge in [-0.2, -0.15) is 0 Å². The molecule has 0 aromatic heterocycles. The Morgan fingerprint density at radius 3 is 2.47 bits per heavy atom. The van der Waals surface area contributed by atoms with Crippen LogP contribution in [0.15, 0.2) is 48.5 Å². The minimum Gasteiger partial charge on any atom is -0.494 e. The Hall–Kier alpha value is -2.69. The maximum Gasteiger partial charge on any atom is 0.222 e. The standard InChI is InChI=1S/C25H33NO4/c1-5-26(17-21-18-29-22-9-6-7-10-23(22)30-21)24(27)11-8-16-28-20-14-12-19(13-15-20)25(2,3)4/h6-7,9-10,12-15,21H,5,8,11,16-18H2,1-4H3. The maximum absolute atomic E-state index is 12.6. The minimum atomic E-state index is -0.151. The van der Waals surface area contributed by atoms with Crippen LogP contribution in [-0.2, 0) is 10.2 Å². The molecule has 0 N–H and O–H groups in total. The normalized spacial score (nSPS) is 15.5. The van der Waals surface area contributed by atoms with Gasteiger partial charge in [0, 0.05) is 13.0 Å². The Morgan fingerprint density at radius 1 is 1.10 bits per heavy atom. The SMILES string of the molecule is CCN(CC1COc2ccccc2O1)C(=O)CCCOc1ccc(C(C)(C)C)cc1. The molecule has 0 fully saturated rings. The summed E-state index contributed by atoms with van der Waals surface area (Å²) in [6, 6.07) is 15.8. The average Bonchev–Trinajstić information content (AvgIpc) is 2.74. The van der Waals surface area contributed by atoms with Gasteiger partial charge in [-0.25, -0.2) is 0 Å². The van der Waals surface area contributed by atoms with Crippen molar-refractivity contribution in [3.8, 4) is 17.2 Å². The molecule has 2 aromatic carbocycles. The van der Waals surface area contributed by atoms with E-state index >= 15 is 0 Å². The lowest BCUT2D eigenvalue weighted by molar-refractivity contribution is -0.132. The molecule has 3 rings (SSSR count). The Balaban J connectivity index is 1.41. The summed E-state index contributed by atoms with van der Waals surface area (Å²) in [6.07, 6.45) is 0.987. The summed E-state index contributed by atoms with van der Waals surface area (Å²) in [7, 11) is 0. The summed E-state index contributed by atoms with van der Waals surface area (Å²) >= 11 is 0. The lowest BCUT2D eigenvalue weighted by Gasteiger charge is -2.31. The third kappa shape index (κ3) is 5.91. The van der Waals surface area contributed by atoms with Crippen LogP contribution in [0.1, 0.15) is 46.1 Å². The van der Waals surface area contributed by atoms with Gasteiger partial charge in [-0.3, -0.25) is 4.79 Å². The van der Waals surface area contributed by atoms with Gasteiger partial charge in [-0.05, 0) is 48.6 Å². The number of ether oxygens (including phenoxy) is 3. The maximum atomic E-state index is 12.6. The number of likely N-dealkylation sites (N-methyl/N-ethyl adjacent to an activating group) is 1. The molecule has 0 bridgehead atoms. The molecule has 1 aliphatic rings. The molecule has 0 spiro atoms. The van der Waals surface area contributed by atoms with Crippen molar-refractivity contribution in [2.75, 3.05) is 26.3 Å². The van der Waals surface area contributed by atoms with Gasteiger partial charge in [0.25, 0.3) is 0 Å². The van der Waals surface area contributed by atoms with Crippen molar-refractivity contribution in [3.05, 3.63) is 54.1 Å². The number of carbonyl (C=O) groups is 1. The van der Waals surface area contributed by atoms with E-state index in [1.165, 1.54) is 5.56 Å². The molecule has 0 saturated carbocycles. The number of hydrogen-bond acceptors (Lipinski definition) is 4. The van der Waals surface area contributed by atoms with Gasteiger partial charge < -0.3 is 19.1 Å². The summed E-state index contributed by atoms with van der Waals surface area (Å²) in [4.78, 5) is 14.5. The second-order valence-corrected chi connectivity index (χ2v) is 8.66. The fraction of sp³-hybridized carbons (Fsp3) is 0.480. The van der Waals surface area contributed by atoms with Crippen LogP contribution in [0.2, 0.25) is 0 Å². The van der Waals surface area contributed by atoms with Crippen LogP contribution >= 0.6 is 0 Å². The summed E-state index contributed by atoms with van der Waals surface area (Å²) in [5, 5.41) is 0. The molecule has 1 aliphatic heterocycles. The monoisotopic (exact) mass is 411 g/mol. The van der Waals surface area contributed by atoms with Gasteiger partial charge in [0.05, 0.1) is 13.2 Å². The third-order valence-corrected chi connectivity index (χ3v) is 5.25. The number of fused-ring (bicyclic) bond motifs is 1. The first-order chi connectivity index (χ1) is 14.4. The van der Waals surface area contributed by atoms with Gasteiger partial charge in [-0.15, -0.1) is 0 Å². The fourth-order valence-electron chi connectivity index (χ4n) is 3.43. The molecule has 0 saturated heterocycles. The molecule has 1 atom stereocenters. The van der Waals surface area contributed by atoms with Crippen LogP contribution in [0.4, 0.5) is 0 Å². The average molecular weight is 412 g/mol. The fourth-order valence-corrected chi connectivity index (χ4v) is 3.43. The minimum absolute atomic E-state index is 0.117. The smallest absolute Gasteiger partial charge is 0.222 e. The van der Waals surface area contributed by atoms with Crippen LogP contribution in [0.3, 0.4) is 0 Å². The van der Waals surface area contributed by atoms with Crippen molar-refractivity contribution in [1.29, 1.82) is 0 Å². The third-order valence-electron chi connectivity index (χ3n) is 5.25. The second-order valence-electron chi connectivity index (χ2n) is 8.66. The van der Waals surface area contributed by atoms with E-state index in [1.807, 2.05) is 48.2 Å². The summed E-state index contributed by atoms with van der Waals surface area (Å²) in [6.45, 7) is 10.7. The van der Waals surface area contributed by atoms with Crippen molar-refractivity contribution in [1.82, 2.24) is 4.90 Å². The summed E-state index contributed by atoms with van der Waals surface area (Å²) in [5.74, 6) is 2.46. The van der Waals surface area contributed by atoms with Crippen molar-refractivity contribution in [2.24, 2.45) is 0 Å². The number of nitrogens with zero attached hydrogens (tertiary/aromatic N) is 1. The molecular formula is C25H33NO4. The van der Waals surface area contributed by atoms with Crippen molar-refractivity contribution in [3.63, 3.8) is 0 Å². The number of benzene rings is 2. The highest BCUT2D eigenvalue weighted by atomic mass is 16.6. The number of amides is 1. The van der Waals surface area contributed by atoms with E-state index < -0.39 is 0 Å². The first-order valence-corrected chi connectivity index (χ1v) is 10.8. The molecule has 5 nitrogen and oxygen atoms in total. The zero-order valence-corrected chi connectivity index (χ0v) is 18.5.